The van der Waals surface area contributed by atoms with E-state index in [0.717, 1.165) is 5.56 Å². The van der Waals surface area contributed by atoms with Gasteiger partial charge >= 0.3 is 0 Å². The van der Waals surface area contributed by atoms with Crippen LogP contribution in [0.1, 0.15) is 10.4 Å². The first kappa shape index (κ1) is 20.4. The van der Waals surface area contributed by atoms with Gasteiger partial charge in [-0.15, -0.1) is 11.3 Å². The maximum Gasteiger partial charge on any atom is 0.278 e. The third-order valence-electron chi connectivity index (χ3n) is 5.13. The Kier molecular flexibility index (Phi) is 5.24. The van der Waals surface area contributed by atoms with Gasteiger partial charge < -0.3 is 19.5 Å². The second kappa shape index (κ2) is 8.22. The molecule has 1 N–H and O–H groups in total. The van der Waals surface area contributed by atoms with E-state index in [4.69, 9.17) is 25.8 Å². The number of nitrogens with zero attached hydrogens (tertiary/aromatic N) is 1. The number of hydrogen-bond donors (Lipinski definition) is 1. The molecular weight excluding hydrogens is 452 g/mol. The van der Waals surface area contributed by atoms with Crippen LogP contribution >= 0.6 is 22.9 Å². The maximum atomic E-state index is 13.4. The van der Waals surface area contributed by atoms with Gasteiger partial charge in [-0.2, -0.15) is 0 Å². The molecule has 162 valence electrons. The highest BCUT2D eigenvalue weighted by Crippen LogP contribution is 2.38. The van der Waals surface area contributed by atoms with E-state index in [0.29, 0.717) is 38.4 Å². The monoisotopic (exact) mass is 468 g/mol. The fourth-order valence-corrected chi connectivity index (χ4v) is 4.56. The van der Waals surface area contributed by atoms with Crippen LogP contribution in [0.5, 0.6) is 17.2 Å². The van der Waals surface area contributed by atoms with Crippen molar-refractivity contribution in [3.05, 3.63) is 75.1 Å². The summed E-state index contributed by atoms with van der Waals surface area (Å²) in [5, 5.41) is 5.43. The van der Waals surface area contributed by atoms with Crippen molar-refractivity contribution >= 4 is 46.0 Å². The van der Waals surface area contributed by atoms with Gasteiger partial charge in [-0.1, -0.05) is 23.7 Å². The molecule has 9 heteroatoms. The van der Waals surface area contributed by atoms with Crippen molar-refractivity contribution in [2.75, 3.05) is 19.2 Å². The van der Waals surface area contributed by atoms with Crippen LogP contribution in [0.4, 0.5) is 5.69 Å². The zero-order valence-corrected chi connectivity index (χ0v) is 18.5. The lowest BCUT2D eigenvalue weighted by molar-refractivity contribution is -0.137. The second-order valence-corrected chi connectivity index (χ2v) is 8.47. The molecule has 3 aromatic rings. The number of methoxy groups -OCH3 is 1. The summed E-state index contributed by atoms with van der Waals surface area (Å²) < 4.78 is 16.1. The average molecular weight is 469 g/mol. The van der Waals surface area contributed by atoms with Gasteiger partial charge in [0.05, 0.1) is 24.9 Å². The molecule has 2 aliphatic rings. The number of halogens is 1. The van der Waals surface area contributed by atoms with E-state index in [1.165, 1.54) is 23.3 Å². The van der Waals surface area contributed by atoms with Crippen LogP contribution in [0, 0.1) is 0 Å². The highest BCUT2D eigenvalue weighted by Gasteiger charge is 2.40. The number of thiophene rings is 1. The first-order valence-electron chi connectivity index (χ1n) is 9.68. The summed E-state index contributed by atoms with van der Waals surface area (Å²) in [6, 6.07) is 14.0. The van der Waals surface area contributed by atoms with Crippen molar-refractivity contribution in [1.29, 1.82) is 0 Å². The second-order valence-electron chi connectivity index (χ2n) is 7.08. The molecule has 0 bridgehead atoms. The quantitative estimate of drug-likeness (QED) is 0.535. The molecule has 3 heterocycles. The molecule has 2 aromatic carbocycles. The third-order valence-corrected chi connectivity index (χ3v) is 6.26. The van der Waals surface area contributed by atoms with Gasteiger partial charge in [0.15, 0.2) is 11.5 Å². The maximum absolute atomic E-state index is 13.4. The largest absolute Gasteiger partial charge is 0.495 e. The summed E-state index contributed by atoms with van der Waals surface area (Å²) in [5.41, 5.74) is 1.74. The predicted molar refractivity (Wildman–Crippen MR) is 121 cm³/mol. The topological polar surface area (TPSA) is 77.1 Å². The summed E-state index contributed by atoms with van der Waals surface area (Å²) in [4.78, 5) is 28.7. The molecule has 1 aromatic heterocycles. The summed E-state index contributed by atoms with van der Waals surface area (Å²) in [7, 11) is 1.52. The smallest absolute Gasteiger partial charge is 0.278 e. The minimum atomic E-state index is -0.432. The van der Waals surface area contributed by atoms with E-state index in [1.807, 2.05) is 23.6 Å². The Hall–Kier alpha value is -3.49. The van der Waals surface area contributed by atoms with Crippen molar-refractivity contribution in [1.82, 2.24) is 4.90 Å². The summed E-state index contributed by atoms with van der Waals surface area (Å²) >= 11 is 7.54. The standard InChI is InChI=1S/C23H17ClN2O5S/c1-29-16-7-5-14(24)10-15(16)25-21-20(19-3-2-8-32-19)22(27)26(23(21)28)11-13-4-6-17-18(9-13)31-12-30-17/h2-10,25H,11-12H2,1H3. The number of amides is 2. The summed E-state index contributed by atoms with van der Waals surface area (Å²) in [6.45, 7) is 0.251. The van der Waals surface area contributed by atoms with Gasteiger partial charge in [-0.3, -0.25) is 14.5 Å². The summed E-state index contributed by atoms with van der Waals surface area (Å²) in [6.07, 6.45) is 0. The predicted octanol–water partition coefficient (Wildman–Crippen LogP) is 4.53. The Bertz CT molecular complexity index is 1260. The molecule has 0 atom stereocenters. The number of nitrogens with one attached hydrogen (secondary N) is 1. The fraction of sp³-hybridized carbons (Fsp3) is 0.130. The Morgan fingerprint density at radius 2 is 1.94 bits per heavy atom. The average Bonchev–Trinajstić information content (AvgIpc) is 3.52. The highest BCUT2D eigenvalue weighted by atomic mass is 35.5. The Balaban J connectivity index is 1.51. The van der Waals surface area contributed by atoms with E-state index >= 15 is 0 Å². The molecule has 0 radical (unpaired) electrons. The first-order chi connectivity index (χ1) is 15.5. The molecule has 0 aliphatic carbocycles. The lowest BCUT2D eigenvalue weighted by Gasteiger charge is -2.16. The number of benzene rings is 2. The highest BCUT2D eigenvalue weighted by molar-refractivity contribution is 7.11. The van der Waals surface area contributed by atoms with Crippen LogP contribution in [0.3, 0.4) is 0 Å². The number of carbonyl (C=O) groups excluding carboxylic acids is 2. The molecule has 0 fully saturated rings. The van der Waals surface area contributed by atoms with Crippen LogP contribution < -0.4 is 19.5 Å². The molecule has 0 unspecified atom stereocenters. The van der Waals surface area contributed by atoms with E-state index in [-0.39, 0.29) is 24.9 Å². The molecule has 2 amide bonds. The minimum Gasteiger partial charge on any atom is -0.495 e. The van der Waals surface area contributed by atoms with Gasteiger partial charge in [0.25, 0.3) is 11.8 Å². The number of carbonyl (C=O) groups is 2. The molecule has 32 heavy (non-hydrogen) atoms. The number of fused-ring (bicyclic) bond motifs is 1. The zero-order chi connectivity index (χ0) is 22.2. The minimum absolute atomic E-state index is 0.0983. The lowest BCUT2D eigenvalue weighted by atomic mass is 10.1. The fourth-order valence-electron chi connectivity index (χ4n) is 3.62. The molecule has 7 nitrogen and oxygen atoms in total. The van der Waals surface area contributed by atoms with Crippen molar-refractivity contribution in [2.45, 2.75) is 6.54 Å². The number of imide groups is 1. The number of rotatable bonds is 6. The van der Waals surface area contributed by atoms with Crippen molar-refractivity contribution in [3.63, 3.8) is 0 Å². The Morgan fingerprint density at radius 3 is 2.72 bits per heavy atom. The Labute approximate surface area is 192 Å². The third kappa shape index (κ3) is 3.57. The zero-order valence-electron chi connectivity index (χ0n) is 16.9. The van der Waals surface area contributed by atoms with E-state index < -0.39 is 5.91 Å². The number of anilines is 1. The van der Waals surface area contributed by atoms with Crippen LogP contribution in [0.15, 0.2) is 59.6 Å². The molecular formula is C23H17ClN2O5S. The van der Waals surface area contributed by atoms with Crippen molar-refractivity contribution < 1.29 is 23.8 Å². The first-order valence-corrected chi connectivity index (χ1v) is 10.9. The number of hydrogen-bond acceptors (Lipinski definition) is 7. The van der Waals surface area contributed by atoms with E-state index in [1.54, 1.807) is 30.3 Å². The van der Waals surface area contributed by atoms with Gasteiger partial charge in [0.2, 0.25) is 6.79 Å². The normalized spacial score (nSPS) is 15.0. The SMILES string of the molecule is COc1ccc(Cl)cc1NC1=C(c2cccs2)C(=O)N(Cc2ccc3c(c2)OCO3)C1=O. The molecule has 0 saturated carbocycles. The molecule has 2 aliphatic heterocycles. The van der Waals surface area contributed by atoms with Crippen molar-refractivity contribution in [2.24, 2.45) is 0 Å². The number of ether oxygens (including phenoxy) is 3. The summed E-state index contributed by atoms with van der Waals surface area (Å²) in [5.74, 6) is 0.925. The van der Waals surface area contributed by atoms with Gasteiger partial charge in [-0.25, -0.2) is 0 Å². The molecule has 5 rings (SSSR count). The van der Waals surface area contributed by atoms with E-state index in [2.05, 4.69) is 5.32 Å². The van der Waals surface area contributed by atoms with Crippen LogP contribution in [0.2, 0.25) is 5.02 Å². The lowest BCUT2D eigenvalue weighted by Crippen LogP contribution is -2.32. The van der Waals surface area contributed by atoms with Crippen LogP contribution in [0.25, 0.3) is 5.57 Å². The van der Waals surface area contributed by atoms with E-state index in [9.17, 15) is 9.59 Å². The van der Waals surface area contributed by atoms with Crippen molar-refractivity contribution in [3.8, 4) is 17.2 Å². The van der Waals surface area contributed by atoms with Crippen LogP contribution in [-0.2, 0) is 16.1 Å². The van der Waals surface area contributed by atoms with Crippen LogP contribution in [-0.4, -0.2) is 30.6 Å². The van der Waals surface area contributed by atoms with Gasteiger partial charge in [0, 0.05) is 9.90 Å². The van der Waals surface area contributed by atoms with Gasteiger partial charge in [-0.05, 0) is 47.3 Å². The Morgan fingerprint density at radius 1 is 1.09 bits per heavy atom. The molecule has 0 spiro atoms. The van der Waals surface area contributed by atoms with Gasteiger partial charge in [0.1, 0.15) is 11.4 Å². The molecule has 0 saturated heterocycles.